The maximum absolute atomic E-state index is 5.52. The highest BCUT2D eigenvalue weighted by atomic mass is 16.5. The van der Waals surface area contributed by atoms with E-state index in [9.17, 15) is 0 Å². The van der Waals surface area contributed by atoms with E-state index in [1.807, 2.05) is 0 Å². The summed E-state index contributed by atoms with van der Waals surface area (Å²) in [6, 6.07) is 0. The first-order valence-electron chi connectivity index (χ1n) is 7.20. The molecule has 2 rings (SSSR count). The zero-order chi connectivity index (χ0) is 14.4. The highest BCUT2D eigenvalue weighted by molar-refractivity contribution is 5.64. The van der Waals surface area contributed by atoms with Gasteiger partial charge in [-0.1, -0.05) is 6.92 Å². The Morgan fingerprint density at radius 1 is 1.30 bits per heavy atom. The first-order chi connectivity index (χ1) is 9.80. The molecule has 1 aliphatic heterocycles. The molecule has 0 bridgehead atoms. The molecule has 0 amide bonds. The smallest absolute Gasteiger partial charge is 0.204 e. The maximum Gasteiger partial charge on any atom is 0.204 e. The fraction of sp³-hybridized carbons (Fsp3) is 0.714. The SMILES string of the molecule is CCCNc1ncnc(N2CCC(OC)CC2)c1OC. The molecule has 1 aromatic heterocycles. The van der Waals surface area contributed by atoms with Crippen LogP contribution in [-0.4, -0.2) is 49.9 Å². The van der Waals surface area contributed by atoms with E-state index in [4.69, 9.17) is 9.47 Å². The van der Waals surface area contributed by atoms with Crippen molar-refractivity contribution in [3.8, 4) is 5.75 Å². The fourth-order valence-electron chi connectivity index (χ4n) is 2.45. The Balaban J connectivity index is 2.14. The van der Waals surface area contributed by atoms with Gasteiger partial charge in [0.15, 0.2) is 11.6 Å². The van der Waals surface area contributed by atoms with E-state index in [1.165, 1.54) is 0 Å². The summed E-state index contributed by atoms with van der Waals surface area (Å²) in [5, 5.41) is 3.29. The summed E-state index contributed by atoms with van der Waals surface area (Å²) < 4.78 is 10.9. The van der Waals surface area contributed by atoms with Crippen molar-refractivity contribution in [2.75, 3.05) is 44.1 Å². The quantitative estimate of drug-likeness (QED) is 0.859. The van der Waals surface area contributed by atoms with Crippen molar-refractivity contribution in [2.45, 2.75) is 32.3 Å². The van der Waals surface area contributed by atoms with Gasteiger partial charge in [0.05, 0.1) is 13.2 Å². The zero-order valence-corrected chi connectivity index (χ0v) is 12.6. The molecular weight excluding hydrogens is 256 g/mol. The van der Waals surface area contributed by atoms with Crippen LogP contribution in [0.25, 0.3) is 0 Å². The molecule has 0 radical (unpaired) electrons. The second kappa shape index (κ2) is 7.28. The second-order valence-corrected chi connectivity index (χ2v) is 4.93. The standard InChI is InChI=1S/C14H24N4O2/c1-4-7-15-13-12(20-3)14(17-10-16-13)18-8-5-11(19-2)6-9-18/h10-11H,4-9H2,1-3H3,(H,15,16,17). The fourth-order valence-corrected chi connectivity index (χ4v) is 2.45. The predicted octanol–water partition coefficient (Wildman–Crippen LogP) is 1.92. The van der Waals surface area contributed by atoms with Crippen molar-refractivity contribution in [3.63, 3.8) is 0 Å². The van der Waals surface area contributed by atoms with Crippen LogP contribution in [0.3, 0.4) is 0 Å². The van der Waals surface area contributed by atoms with Crippen LogP contribution in [0.1, 0.15) is 26.2 Å². The molecule has 0 saturated carbocycles. The van der Waals surface area contributed by atoms with Crippen LogP contribution in [0.2, 0.25) is 0 Å². The predicted molar refractivity (Wildman–Crippen MR) is 79.6 cm³/mol. The lowest BCUT2D eigenvalue weighted by Crippen LogP contribution is -2.37. The number of nitrogens with zero attached hydrogens (tertiary/aromatic N) is 3. The summed E-state index contributed by atoms with van der Waals surface area (Å²) in [6.07, 6.45) is 5.03. The van der Waals surface area contributed by atoms with Gasteiger partial charge in [-0.05, 0) is 19.3 Å². The topological polar surface area (TPSA) is 59.5 Å². The van der Waals surface area contributed by atoms with E-state index in [0.29, 0.717) is 6.10 Å². The Kier molecular flexibility index (Phi) is 5.40. The summed E-state index contributed by atoms with van der Waals surface area (Å²) in [5.41, 5.74) is 0. The Morgan fingerprint density at radius 2 is 2.05 bits per heavy atom. The first-order valence-corrected chi connectivity index (χ1v) is 7.20. The Labute approximate surface area is 120 Å². The number of ether oxygens (including phenoxy) is 2. The molecule has 0 aromatic carbocycles. The molecule has 0 atom stereocenters. The molecule has 1 fully saturated rings. The van der Waals surface area contributed by atoms with Gasteiger partial charge in [0.2, 0.25) is 5.75 Å². The van der Waals surface area contributed by atoms with Gasteiger partial charge in [-0.2, -0.15) is 0 Å². The summed E-state index contributed by atoms with van der Waals surface area (Å²) in [7, 11) is 3.44. The Bertz CT molecular complexity index is 420. The van der Waals surface area contributed by atoms with Crippen molar-refractivity contribution in [3.05, 3.63) is 6.33 Å². The van der Waals surface area contributed by atoms with Crippen molar-refractivity contribution >= 4 is 11.6 Å². The van der Waals surface area contributed by atoms with Crippen molar-refractivity contribution in [1.82, 2.24) is 9.97 Å². The largest absolute Gasteiger partial charge is 0.490 e. The number of hydrogen-bond donors (Lipinski definition) is 1. The number of anilines is 2. The minimum absolute atomic E-state index is 0.358. The Hall–Kier alpha value is -1.56. The van der Waals surface area contributed by atoms with Gasteiger partial charge < -0.3 is 19.7 Å². The number of methoxy groups -OCH3 is 2. The van der Waals surface area contributed by atoms with E-state index >= 15 is 0 Å². The van der Waals surface area contributed by atoms with Crippen LogP contribution in [0.15, 0.2) is 6.33 Å². The molecule has 6 nitrogen and oxygen atoms in total. The summed E-state index contributed by atoms with van der Waals surface area (Å²) in [4.78, 5) is 10.9. The average Bonchev–Trinajstić information content (AvgIpc) is 2.52. The normalized spacial score (nSPS) is 16.2. The third-order valence-corrected chi connectivity index (χ3v) is 3.61. The number of rotatable bonds is 6. The second-order valence-electron chi connectivity index (χ2n) is 4.93. The maximum atomic E-state index is 5.52. The molecule has 112 valence electrons. The number of hydrogen-bond acceptors (Lipinski definition) is 6. The van der Waals surface area contributed by atoms with Crippen LogP contribution in [0, 0.1) is 0 Å². The van der Waals surface area contributed by atoms with Gasteiger partial charge in [-0.25, -0.2) is 9.97 Å². The molecule has 0 aliphatic carbocycles. The zero-order valence-electron chi connectivity index (χ0n) is 12.6. The minimum atomic E-state index is 0.358. The molecular formula is C14H24N4O2. The van der Waals surface area contributed by atoms with Crippen molar-refractivity contribution in [1.29, 1.82) is 0 Å². The highest BCUT2D eigenvalue weighted by Gasteiger charge is 2.23. The lowest BCUT2D eigenvalue weighted by Gasteiger charge is -2.32. The Morgan fingerprint density at radius 3 is 2.65 bits per heavy atom. The number of piperidine rings is 1. The molecule has 2 heterocycles. The number of nitrogens with one attached hydrogen (secondary N) is 1. The monoisotopic (exact) mass is 280 g/mol. The molecule has 6 heteroatoms. The summed E-state index contributed by atoms with van der Waals surface area (Å²) in [6.45, 7) is 4.86. The summed E-state index contributed by atoms with van der Waals surface area (Å²) in [5.74, 6) is 2.38. The molecule has 1 saturated heterocycles. The van der Waals surface area contributed by atoms with E-state index in [1.54, 1.807) is 20.5 Å². The van der Waals surface area contributed by atoms with Gasteiger partial charge in [0.1, 0.15) is 6.33 Å². The van der Waals surface area contributed by atoms with Gasteiger partial charge in [0.25, 0.3) is 0 Å². The van der Waals surface area contributed by atoms with Gasteiger partial charge in [0, 0.05) is 26.7 Å². The van der Waals surface area contributed by atoms with Crippen LogP contribution in [-0.2, 0) is 4.74 Å². The van der Waals surface area contributed by atoms with Gasteiger partial charge in [-0.15, -0.1) is 0 Å². The molecule has 0 spiro atoms. The van der Waals surface area contributed by atoms with Crippen molar-refractivity contribution in [2.24, 2.45) is 0 Å². The molecule has 1 N–H and O–H groups in total. The lowest BCUT2D eigenvalue weighted by atomic mass is 10.1. The number of aromatic nitrogens is 2. The molecule has 20 heavy (non-hydrogen) atoms. The first kappa shape index (κ1) is 14.8. The third-order valence-electron chi connectivity index (χ3n) is 3.61. The van der Waals surface area contributed by atoms with E-state index < -0.39 is 0 Å². The minimum Gasteiger partial charge on any atom is -0.490 e. The lowest BCUT2D eigenvalue weighted by molar-refractivity contribution is 0.0817. The third kappa shape index (κ3) is 3.30. The molecule has 1 aromatic rings. The van der Waals surface area contributed by atoms with Crippen LogP contribution >= 0.6 is 0 Å². The molecule has 0 unspecified atom stereocenters. The average molecular weight is 280 g/mol. The van der Waals surface area contributed by atoms with Crippen LogP contribution in [0.4, 0.5) is 11.6 Å². The summed E-state index contributed by atoms with van der Waals surface area (Å²) >= 11 is 0. The van der Waals surface area contributed by atoms with E-state index in [2.05, 4.69) is 27.1 Å². The van der Waals surface area contributed by atoms with Crippen LogP contribution in [0.5, 0.6) is 5.75 Å². The van der Waals surface area contributed by atoms with Gasteiger partial charge >= 0.3 is 0 Å². The van der Waals surface area contributed by atoms with Crippen LogP contribution < -0.4 is 15.0 Å². The van der Waals surface area contributed by atoms with Gasteiger partial charge in [-0.3, -0.25) is 0 Å². The highest BCUT2D eigenvalue weighted by Crippen LogP contribution is 2.33. The molecule has 1 aliphatic rings. The van der Waals surface area contributed by atoms with E-state index in [0.717, 1.165) is 56.3 Å². The van der Waals surface area contributed by atoms with E-state index in [-0.39, 0.29) is 0 Å². The van der Waals surface area contributed by atoms with Crippen molar-refractivity contribution < 1.29 is 9.47 Å².